The maximum absolute atomic E-state index is 9.87. The van der Waals surface area contributed by atoms with E-state index in [0.29, 0.717) is 23.2 Å². The molecule has 0 saturated carbocycles. The van der Waals surface area contributed by atoms with E-state index in [1.54, 1.807) is 4.57 Å². The lowest BCUT2D eigenvalue weighted by Crippen LogP contribution is -2.61. The second kappa shape index (κ2) is 26.0. The Morgan fingerprint density at radius 3 is 1.17 bits per heavy atom. The van der Waals surface area contributed by atoms with Crippen molar-refractivity contribution in [1.82, 2.24) is 24.1 Å². The molecule has 0 saturated heterocycles. The number of fused-ring (bicyclic) bond motifs is 10. The minimum absolute atomic E-state index is 0.000551. The molecule has 111 heavy (non-hydrogen) atoms. The van der Waals surface area contributed by atoms with E-state index in [4.69, 9.17) is 17.7 Å². The summed E-state index contributed by atoms with van der Waals surface area (Å²) in [6.07, 6.45) is 0. The fourth-order valence-corrected chi connectivity index (χ4v) is 16.7. The molecule has 5 heterocycles. The number of para-hydroxylation sites is 2. The monoisotopic (exact) mass is 1440 g/mol. The van der Waals surface area contributed by atoms with Crippen molar-refractivity contribution in [3.05, 3.63) is 338 Å². The summed E-state index contributed by atoms with van der Waals surface area (Å²) in [5, 5.41) is 2.31. The molecule has 0 unspecified atom stereocenters. The van der Waals surface area contributed by atoms with Crippen LogP contribution in [0.4, 0.5) is 34.1 Å². The molecular formula is C103H88BN7. The van der Waals surface area contributed by atoms with Gasteiger partial charge in [0.2, 0.25) is 0 Å². The summed E-state index contributed by atoms with van der Waals surface area (Å²) in [6.45, 7) is 26.7. The first-order chi connectivity index (χ1) is 56.9. The van der Waals surface area contributed by atoms with Gasteiger partial charge in [-0.2, -0.15) is 0 Å². The van der Waals surface area contributed by atoms with E-state index in [9.17, 15) is 8.22 Å². The molecule has 0 bridgehead atoms. The molecule has 2 aliphatic heterocycles. The van der Waals surface area contributed by atoms with Crippen LogP contribution in [0.25, 0.3) is 123 Å². The smallest absolute Gasteiger partial charge is 0.252 e. The molecule has 0 atom stereocenters. The van der Waals surface area contributed by atoms with Crippen LogP contribution in [0.5, 0.6) is 0 Å². The molecule has 0 N–H and O–H groups in total. The first-order valence-electron chi connectivity index (χ1n) is 42.4. The number of rotatable bonds is 10. The SMILES string of the molecule is [2H]c1c([2H])c([2H])c2c(c1[2H])c1c([2H])c([2H])c([2H])c([2H])c1n2-c1ccc2c(c1)N(c1ccc(-c3ccccc3)cc1-c1ccccc1)c1cc(C(C)(C)C)cc3c1B2c1ccc(-n2c4ccc(C(C)(C)C)cc4c4cc(C(C)(C)C)ccc42)cc1N3c1c(-c2ccccc2)cc(C(C)(C)C)cc1-c1nc(-c2ccccc2)nc(-c2ccccc2)n1. The van der Waals surface area contributed by atoms with Gasteiger partial charge in [0, 0.05) is 83.5 Å². The Hall–Kier alpha value is -12.6. The lowest BCUT2D eigenvalue weighted by Gasteiger charge is -2.46. The number of benzene rings is 14. The molecule has 17 aromatic rings. The fourth-order valence-electron chi connectivity index (χ4n) is 16.7. The first kappa shape index (κ1) is 60.3. The molecule has 19 rings (SSSR count). The van der Waals surface area contributed by atoms with Crippen molar-refractivity contribution in [2.75, 3.05) is 9.80 Å². The van der Waals surface area contributed by atoms with Gasteiger partial charge >= 0.3 is 0 Å². The molecule has 538 valence electrons. The minimum atomic E-state index is -0.558. The summed E-state index contributed by atoms with van der Waals surface area (Å²) in [5.74, 6) is 1.52. The van der Waals surface area contributed by atoms with Gasteiger partial charge in [0.1, 0.15) is 0 Å². The zero-order chi connectivity index (χ0) is 82.9. The summed E-state index contributed by atoms with van der Waals surface area (Å²) >= 11 is 0. The van der Waals surface area contributed by atoms with Crippen LogP contribution in [0, 0.1) is 0 Å². The van der Waals surface area contributed by atoms with Gasteiger partial charge in [-0.25, -0.2) is 15.0 Å². The molecule has 3 aromatic heterocycles. The fraction of sp³-hybridized carbons (Fsp3) is 0.155. The Balaban J connectivity index is 1.00. The van der Waals surface area contributed by atoms with Crippen LogP contribution in [0.1, 0.15) is 116 Å². The number of nitrogens with zero attached hydrogens (tertiary/aromatic N) is 7. The Morgan fingerprint density at radius 2 is 0.685 bits per heavy atom. The topological polar surface area (TPSA) is 55.0 Å². The standard InChI is InChI=1S/C103H88BN7/c1-100(2,3)71-47-54-89-81(57-71)82-58-72(101(4,5)6)48-55-90(82)109(89)76-50-52-85-92(64-76)111(96-80(67-36-22-15-23-37-67)59-73(102(7,8)9)60-83(96)99-106-97(68-38-24-16-25-39-68)105-98(107-99)69-40-26-17-27-41-69)94-62-74(103(10,11)12)61-93-95(94)104(85)84-51-49-75(108-86-44-30-28-42-77(86)78-43-29-31-45-87(78)108)63-91(84)110(93)88-53-46-70(65-32-18-13-19-33-65)56-79(88)66-34-20-14-21-35-66/h13-64H,1-12H3/i28D,29D,30D,31D,42D,43D,44D,45D. The van der Waals surface area contributed by atoms with Gasteiger partial charge in [0.15, 0.2) is 17.5 Å². The molecule has 0 radical (unpaired) electrons. The number of hydrogen-bond acceptors (Lipinski definition) is 5. The van der Waals surface area contributed by atoms with Crippen LogP contribution in [-0.2, 0) is 21.7 Å². The van der Waals surface area contributed by atoms with Gasteiger partial charge in [-0.1, -0.05) is 301 Å². The largest absolute Gasteiger partial charge is 0.311 e. The van der Waals surface area contributed by atoms with E-state index in [2.05, 4.69) is 310 Å². The highest BCUT2D eigenvalue weighted by Crippen LogP contribution is 2.54. The van der Waals surface area contributed by atoms with Crippen molar-refractivity contribution in [3.63, 3.8) is 0 Å². The minimum Gasteiger partial charge on any atom is -0.311 e. The van der Waals surface area contributed by atoms with E-state index >= 15 is 0 Å². The van der Waals surface area contributed by atoms with Gasteiger partial charge in [0.25, 0.3) is 6.71 Å². The molecule has 0 amide bonds. The van der Waals surface area contributed by atoms with Crippen molar-refractivity contribution < 1.29 is 11.0 Å². The Morgan fingerprint density at radius 1 is 0.279 bits per heavy atom. The Bertz CT molecular complexity index is 6860. The third kappa shape index (κ3) is 11.8. The van der Waals surface area contributed by atoms with Gasteiger partial charge in [0.05, 0.1) is 44.4 Å². The molecule has 2 aliphatic rings. The highest BCUT2D eigenvalue weighted by Gasteiger charge is 2.46. The third-order valence-electron chi connectivity index (χ3n) is 22.6. The van der Waals surface area contributed by atoms with E-state index in [1.165, 1.54) is 11.1 Å². The molecule has 0 fully saturated rings. The van der Waals surface area contributed by atoms with Crippen molar-refractivity contribution in [3.8, 4) is 78.9 Å². The van der Waals surface area contributed by atoms with Crippen molar-refractivity contribution >= 4 is 101 Å². The van der Waals surface area contributed by atoms with Crippen LogP contribution in [0.2, 0.25) is 0 Å². The van der Waals surface area contributed by atoms with E-state index in [1.807, 2.05) is 54.6 Å². The van der Waals surface area contributed by atoms with Crippen LogP contribution in [-0.4, -0.2) is 30.8 Å². The van der Waals surface area contributed by atoms with Gasteiger partial charge in [-0.05, 0) is 180 Å². The van der Waals surface area contributed by atoms with E-state index in [0.717, 1.165) is 139 Å². The summed E-state index contributed by atoms with van der Waals surface area (Å²) in [5.41, 5.74) is 23.1. The zero-order valence-electron chi connectivity index (χ0n) is 72.6. The molecule has 0 aliphatic carbocycles. The first-order valence-corrected chi connectivity index (χ1v) is 38.4. The number of aromatic nitrogens is 5. The molecular weight excluding hydrogens is 1350 g/mol. The Kier molecular flexibility index (Phi) is 14.1. The average molecular weight is 1440 g/mol. The van der Waals surface area contributed by atoms with Crippen molar-refractivity contribution in [1.29, 1.82) is 0 Å². The predicted octanol–water partition coefficient (Wildman–Crippen LogP) is 25.3. The molecule has 0 spiro atoms. The third-order valence-corrected chi connectivity index (χ3v) is 22.6. The quantitative estimate of drug-likeness (QED) is 0.128. The second-order valence-electron chi connectivity index (χ2n) is 33.9. The number of hydrogen-bond donors (Lipinski definition) is 0. The summed E-state index contributed by atoms with van der Waals surface area (Å²) < 4.78 is 79.8. The highest BCUT2D eigenvalue weighted by atomic mass is 15.2. The van der Waals surface area contributed by atoms with Gasteiger partial charge in [-0.15, -0.1) is 0 Å². The Labute approximate surface area is 663 Å². The molecule has 7 nitrogen and oxygen atoms in total. The van der Waals surface area contributed by atoms with Crippen LogP contribution in [0.3, 0.4) is 0 Å². The normalized spacial score (nSPS) is 14.0. The van der Waals surface area contributed by atoms with Crippen LogP contribution < -0.4 is 26.2 Å². The maximum Gasteiger partial charge on any atom is 0.252 e. The summed E-state index contributed by atoms with van der Waals surface area (Å²) in [6, 6.07) is 91.8. The average Bonchev–Trinajstić information content (AvgIpc) is 1.60. The van der Waals surface area contributed by atoms with E-state index < -0.39 is 53.8 Å². The molecule has 14 aromatic carbocycles. The maximum atomic E-state index is 9.87. The van der Waals surface area contributed by atoms with Crippen molar-refractivity contribution in [2.24, 2.45) is 0 Å². The van der Waals surface area contributed by atoms with Crippen LogP contribution >= 0.6 is 0 Å². The zero-order valence-corrected chi connectivity index (χ0v) is 64.6. The number of anilines is 6. The lowest BCUT2D eigenvalue weighted by molar-refractivity contribution is 0.590. The summed E-state index contributed by atoms with van der Waals surface area (Å²) in [4.78, 5) is 21.7. The molecule has 8 heteroatoms. The van der Waals surface area contributed by atoms with Crippen molar-refractivity contribution in [2.45, 2.75) is 105 Å². The van der Waals surface area contributed by atoms with Crippen LogP contribution in [0.15, 0.2) is 315 Å². The van der Waals surface area contributed by atoms with E-state index in [-0.39, 0.29) is 44.7 Å². The van der Waals surface area contributed by atoms with Gasteiger partial charge < -0.3 is 18.9 Å². The second-order valence-corrected chi connectivity index (χ2v) is 33.9. The predicted molar refractivity (Wildman–Crippen MR) is 470 cm³/mol. The summed E-state index contributed by atoms with van der Waals surface area (Å²) in [7, 11) is 0. The highest BCUT2D eigenvalue weighted by molar-refractivity contribution is 7.00. The van der Waals surface area contributed by atoms with Gasteiger partial charge in [-0.3, -0.25) is 0 Å². The lowest BCUT2D eigenvalue weighted by atomic mass is 9.33.